The van der Waals surface area contributed by atoms with E-state index in [2.05, 4.69) is 5.32 Å². The minimum Gasteiger partial charge on any atom is -0.482 e. The Kier molecular flexibility index (Phi) is 3.86. The first-order valence-corrected chi connectivity index (χ1v) is 6.10. The van der Waals surface area contributed by atoms with E-state index in [9.17, 15) is 9.59 Å². The number of thioether (sulfide) groups is 1. The maximum atomic E-state index is 11.4. The van der Waals surface area contributed by atoms with E-state index in [0.29, 0.717) is 10.7 Å². The first-order chi connectivity index (χ1) is 9.04. The van der Waals surface area contributed by atoms with E-state index in [1.807, 2.05) is 0 Å². The van der Waals surface area contributed by atoms with Crippen LogP contribution in [0.3, 0.4) is 0 Å². The summed E-state index contributed by atoms with van der Waals surface area (Å²) in [5.41, 5.74) is 0.773. The van der Waals surface area contributed by atoms with Gasteiger partial charge < -0.3 is 15.2 Å². The second-order valence-corrected chi connectivity index (χ2v) is 4.70. The highest BCUT2D eigenvalue weighted by molar-refractivity contribution is 8.18. The van der Waals surface area contributed by atoms with Crippen LogP contribution in [0.2, 0.25) is 0 Å². The second-order valence-electron chi connectivity index (χ2n) is 3.65. The number of carbonyl (C=O) groups excluding carboxylic acids is 1. The minimum absolute atomic E-state index is 0.109. The number of benzene rings is 1. The molecular formula is C12H10N2O4S. The van der Waals surface area contributed by atoms with Gasteiger partial charge in [0.2, 0.25) is 0 Å². The fourth-order valence-corrected chi connectivity index (χ4v) is 2.10. The van der Waals surface area contributed by atoms with Gasteiger partial charge in [-0.3, -0.25) is 10.2 Å². The zero-order valence-electron chi connectivity index (χ0n) is 9.67. The molecule has 0 unspecified atom stereocenters. The van der Waals surface area contributed by atoms with Crippen molar-refractivity contribution in [3.05, 3.63) is 34.7 Å². The molecule has 0 spiro atoms. The van der Waals surface area contributed by atoms with E-state index in [1.165, 1.54) is 0 Å². The van der Waals surface area contributed by atoms with Gasteiger partial charge in [-0.25, -0.2) is 4.79 Å². The van der Waals surface area contributed by atoms with E-state index >= 15 is 0 Å². The number of hydrogen-bond donors (Lipinski definition) is 3. The fourth-order valence-electron chi connectivity index (χ4n) is 1.40. The number of carboxylic acid groups (broad SMARTS) is 1. The molecule has 0 saturated carbocycles. The Morgan fingerprint density at radius 1 is 1.42 bits per heavy atom. The van der Waals surface area contributed by atoms with Crippen LogP contribution in [0.15, 0.2) is 29.2 Å². The zero-order chi connectivity index (χ0) is 13.8. The molecule has 1 amide bonds. The van der Waals surface area contributed by atoms with Gasteiger partial charge in [0, 0.05) is 0 Å². The fraction of sp³-hybridized carbons (Fsp3) is 0.0833. The predicted octanol–water partition coefficient (Wildman–Crippen LogP) is 1.29. The largest absolute Gasteiger partial charge is 0.482 e. The monoisotopic (exact) mass is 278 g/mol. The molecule has 0 atom stereocenters. The number of carbonyl (C=O) groups is 2. The summed E-state index contributed by atoms with van der Waals surface area (Å²) in [7, 11) is 0. The molecule has 98 valence electrons. The number of carboxylic acids is 1. The highest BCUT2D eigenvalue weighted by Gasteiger charge is 2.21. The van der Waals surface area contributed by atoms with Crippen molar-refractivity contribution in [1.82, 2.24) is 5.32 Å². The molecule has 3 N–H and O–H groups in total. The van der Waals surface area contributed by atoms with Gasteiger partial charge in [0.25, 0.3) is 5.91 Å². The van der Waals surface area contributed by atoms with Gasteiger partial charge in [-0.15, -0.1) is 0 Å². The summed E-state index contributed by atoms with van der Waals surface area (Å²) >= 11 is 1.06. The summed E-state index contributed by atoms with van der Waals surface area (Å²) in [6.45, 7) is -0.393. The molecule has 1 aliphatic heterocycles. The molecule has 19 heavy (non-hydrogen) atoms. The van der Waals surface area contributed by atoms with Gasteiger partial charge in [-0.05, 0) is 35.5 Å². The SMILES string of the molecule is N=C1NC(=O)C(=Cc2ccc(OCC(=O)O)cc2)S1. The highest BCUT2D eigenvalue weighted by Crippen LogP contribution is 2.25. The zero-order valence-corrected chi connectivity index (χ0v) is 10.5. The van der Waals surface area contributed by atoms with Crippen LogP contribution in [0.5, 0.6) is 5.75 Å². The Morgan fingerprint density at radius 3 is 2.63 bits per heavy atom. The number of amidine groups is 1. The van der Waals surface area contributed by atoms with Crippen molar-refractivity contribution in [2.24, 2.45) is 0 Å². The third-order valence-electron chi connectivity index (χ3n) is 2.20. The van der Waals surface area contributed by atoms with Crippen molar-refractivity contribution >= 4 is 34.9 Å². The van der Waals surface area contributed by atoms with Crippen molar-refractivity contribution in [2.75, 3.05) is 6.61 Å². The highest BCUT2D eigenvalue weighted by atomic mass is 32.2. The van der Waals surface area contributed by atoms with Crippen LogP contribution in [0.25, 0.3) is 6.08 Å². The van der Waals surface area contributed by atoms with E-state index in [4.69, 9.17) is 15.3 Å². The standard InChI is InChI=1S/C12H10N2O4S/c13-12-14-11(17)9(19-12)5-7-1-3-8(4-2-7)18-6-10(15)16/h1-5H,6H2,(H,15,16)(H2,13,14,17). The summed E-state index contributed by atoms with van der Waals surface area (Å²) in [4.78, 5) is 22.2. The molecular weight excluding hydrogens is 268 g/mol. The smallest absolute Gasteiger partial charge is 0.341 e. The Morgan fingerprint density at radius 2 is 2.11 bits per heavy atom. The Labute approximate surface area is 113 Å². The first-order valence-electron chi connectivity index (χ1n) is 5.29. The molecule has 1 aromatic carbocycles. The van der Waals surface area contributed by atoms with Crippen LogP contribution < -0.4 is 10.1 Å². The normalized spacial score (nSPS) is 16.5. The average Bonchev–Trinajstić information content (AvgIpc) is 2.67. The van der Waals surface area contributed by atoms with Crippen LogP contribution in [-0.4, -0.2) is 28.8 Å². The van der Waals surface area contributed by atoms with Crippen molar-refractivity contribution in [2.45, 2.75) is 0 Å². The van der Waals surface area contributed by atoms with Gasteiger partial charge >= 0.3 is 5.97 Å². The van der Waals surface area contributed by atoms with Gasteiger partial charge in [0.15, 0.2) is 11.8 Å². The molecule has 1 fully saturated rings. The summed E-state index contributed by atoms with van der Waals surface area (Å²) in [6.07, 6.45) is 1.66. The molecule has 1 heterocycles. The molecule has 1 aromatic rings. The molecule has 1 saturated heterocycles. The predicted molar refractivity (Wildman–Crippen MR) is 71.0 cm³/mol. The first kappa shape index (κ1) is 13.2. The molecule has 0 aromatic heterocycles. The Balaban J connectivity index is 2.06. The lowest BCUT2D eigenvalue weighted by molar-refractivity contribution is -0.139. The topological polar surface area (TPSA) is 99.5 Å². The van der Waals surface area contributed by atoms with E-state index in [1.54, 1.807) is 30.3 Å². The van der Waals surface area contributed by atoms with Crippen molar-refractivity contribution in [3.8, 4) is 5.75 Å². The molecule has 0 bridgehead atoms. The summed E-state index contributed by atoms with van der Waals surface area (Å²) in [5.74, 6) is -0.884. The van der Waals surface area contributed by atoms with Gasteiger partial charge in [0.1, 0.15) is 5.75 Å². The van der Waals surface area contributed by atoms with Crippen molar-refractivity contribution in [3.63, 3.8) is 0 Å². The number of rotatable bonds is 4. The Hall–Kier alpha value is -2.28. The van der Waals surface area contributed by atoms with Crippen LogP contribution in [0.1, 0.15) is 5.56 Å². The van der Waals surface area contributed by atoms with E-state index in [-0.39, 0.29) is 11.1 Å². The molecule has 6 nitrogen and oxygen atoms in total. The molecule has 0 radical (unpaired) electrons. The van der Waals surface area contributed by atoms with E-state index < -0.39 is 12.6 Å². The molecule has 2 rings (SSSR count). The van der Waals surface area contributed by atoms with Crippen LogP contribution in [-0.2, 0) is 9.59 Å². The average molecular weight is 278 g/mol. The number of nitrogens with one attached hydrogen (secondary N) is 2. The second kappa shape index (κ2) is 5.57. The lowest BCUT2D eigenvalue weighted by Gasteiger charge is -2.03. The lowest BCUT2D eigenvalue weighted by Crippen LogP contribution is -2.18. The third-order valence-corrected chi connectivity index (χ3v) is 3.03. The number of aliphatic carboxylic acids is 1. The molecule has 0 aliphatic carbocycles. The summed E-state index contributed by atoms with van der Waals surface area (Å²) < 4.78 is 4.99. The summed E-state index contributed by atoms with van der Waals surface area (Å²) in [6, 6.07) is 6.66. The maximum Gasteiger partial charge on any atom is 0.341 e. The number of hydrogen-bond acceptors (Lipinski definition) is 5. The number of amides is 1. The van der Waals surface area contributed by atoms with Gasteiger partial charge in [-0.2, -0.15) is 0 Å². The Bertz CT molecular complexity index is 566. The van der Waals surface area contributed by atoms with E-state index in [0.717, 1.165) is 17.3 Å². The molecule has 7 heteroatoms. The van der Waals surface area contributed by atoms with Crippen molar-refractivity contribution < 1.29 is 19.4 Å². The lowest BCUT2D eigenvalue weighted by atomic mass is 10.2. The van der Waals surface area contributed by atoms with Crippen LogP contribution in [0, 0.1) is 5.41 Å². The van der Waals surface area contributed by atoms with Crippen molar-refractivity contribution in [1.29, 1.82) is 5.41 Å². The number of ether oxygens (including phenoxy) is 1. The van der Waals surface area contributed by atoms with Gasteiger partial charge in [-0.1, -0.05) is 12.1 Å². The van der Waals surface area contributed by atoms with Crippen LogP contribution >= 0.6 is 11.8 Å². The quantitative estimate of drug-likeness (QED) is 0.721. The summed E-state index contributed by atoms with van der Waals surface area (Å²) in [5, 5.41) is 18.3. The van der Waals surface area contributed by atoms with Gasteiger partial charge in [0.05, 0.1) is 4.91 Å². The van der Waals surface area contributed by atoms with Crippen LogP contribution in [0.4, 0.5) is 0 Å². The third kappa shape index (κ3) is 3.59. The maximum absolute atomic E-state index is 11.4. The molecule has 1 aliphatic rings. The minimum atomic E-state index is -1.04.